The lowest BCUT2D eigenvalue weighted by Crippen LogP contribution is -1.99. The van der Waals surface area contributed by atoms with Crippen LogP contribution in [0, 0.1) is 20.8 Å². The molecule has 3 heteroatoms. The zero-order valence-electron chi connectivity index (χ0n) is 12.4. The first-order valence-electron chi connectivity index (χ1n) is 7.17. The Bertz CT molecular complexity index is 973. The van der Waals surface area contributed by atoms with E-state index in [1.165, 1.54) is 33.4 Å². The van der Waals surface area contributed by atoms with Gasteiger partial charge in [0.25, 0.3) is 0 Å². The Labute approximate surface area is 123 Å². The molecule has 0 saturated heterocycles. The van der Waals surface area contributed by atoms with Crippen molar-refractivity contribution in [3.05, 3.63) is 59.4 Å². The number of hydrogen-bond donors (Lipinski definition) is 1. The Morgan fingerprint density at radius 3 is 2.71 bits per heavy atom. The monoisotopic (exact) mass is 275 g/mol. The van der Waals surface area contributed by atoms with E-state index >= 15 is 0 Å². The molecule has 2 aromatic heterocycles. The minimum Gasteiger partial charge on any atom is -0.313 e. The van der Waals surface area contributed by atoms with Gasteiger partial charge in [-0.2, -0.15) is 5.10 Å². The largest absolute Gasteiger partial charge is 0.313 e. The van der Waals surface area contributed by atoms with Gasteiger partial charge in [-0.15, -0.1) is 0 Å². The van der Waals surface area contributed by atoms with Gasteiger partial charge in [0.1, 0.15) is 0 Å². The smallest absolute Gasteiger partial charge is 0.0654 e. The molecule has 1 N–H and O–H groups in total. The van der Waals surface area contributed by atoms with Crippen molar-refractivity contribution in [2.24, 2.45) is 0 Å². The van der Waals surface area contributed by atoms with Gasteiger partial charge in [-0.05, 0) is 50.1 Å². The summed E-state index contributed by atoms with van der Waals surface area (Å²) in [5.74, 6) is 0. The minimum atomic E-state index is 1.09. The maximum atomic E-state index is 4.13. The summed E-state index contributed by atoms with van der Waals surface area (Å²) in [5.41, 5.74) is 7.46. The fourth-order valence-electron chi connectivity index (χ4n) is 3.17. The van der Waals surface area contributed by atoms with E-state index in [9.17, 15) is 0 Å². The lowest BCUT2D eigenvalue weighted by atomic mass is 10.1. The second-order valence-electron chi connectivity index (χ2n) is 5.66. The lowest BCUT2D eigenvalue weighted by Gasteiger charge is -2.12. The highest BCUT2D eigenvalue weighted by molar-refractivity contribution is 5.89. The van der Waals surface area contributed by atoms with Crippen molar-refractivity contribution >= 4 is 21.8 Å². The summed E-state index contributed by atoms with van der Waals surface area (Å²) in [7, 11) is 0. The van der Waals surface area contributed by atoms with E-state index in [1.807, 2.05) is 6.20 Å². The molecule has 0 fully saturated rings. The van der Waals surface area contributed by atoms with E-state index in [0.717, 1.165) is 10.9 Å². The zero-order valence-corrected chi connectivity index (χ0v) is 12.4. The van der Waals surface area contributed by atoms with E-state index < -0.39 is 0 Å². The molecule has 4 aromatic rings. The van der Waals surface area contributed by atoms with Crippen molar-refractivity contribution in [1.29, 1.82) is 0 Å². The zero-order chi connectivity index (χ0) is 14.6. The Morgan fingerprint density at radius 1 is 1.05 bits per heavy atom. The van der Waals surface area contributed by atoms with Crippen molar-refractivity contribution in [3.8, 4) is 5.69 Å². The molecule has 104 valence electrons. The van der Waals surface area contributed by atoms with Crippen LogP contribution in [0.5, 0.6) is 0 Å². The quantitative estimate of drug-likeness (QED) is 0.547. The third-order valence-electron chi connectivity index (χ3n) is 4.42. The lowest BCUT2D eigenvalue weighted by molar-refractivity contribution is 1.03. The van der Waals surface area contributed by atoms with Gasteiger partial charge < -0.3 is 4.57 Å². The third kappa shape index (κ3) is 1.64. The first-order valence-corrected chi connectivity index (χ1v) is 7.17. The van der Waals surface area contributed by atoms with Gasteiger partial charge in [0, 0.05) is 22.2 Å². The molecule has 0 aliphatic rings. The van der Waals surface area contributed by atoms with Crippen molar-refractivity contribution in [1.82, 2.24) is 14.8 Å². The molecular formula is C18H17N3. The maximum absolute atomic E-state index is 4.13. The fourth-order valence-corrected chi connectivity index (χ4v) is 3.17. The summed E-state index contributed by atoms with van der Waals surface area (Å²) in [4.78, 5) is 0. The van der Waals surface area contributed by atoms with Gasteiger partial charge in [-0.25, -0.2) is 0 Å². The van der Waals surface area contributed by atoms with Crippen LogP contribution < -0.4 is 0 Å². The molecule has 4 rings (SSSR count). The molecule has 3 nitrogen and oxygen atoms in total. The number of nitrogens with zero attached hydrogens (tertiary/aromatic N) is 2. The molecule has 0 saturated carbocycles. The third-order valence-corrected chi connectivity index (χ3v) is 4.42. The van der Waals surface area contributed by atoms with Gasteiger partial charge >= 0.3 is 0 Å². The number of aromatic nitrogens is 3. The molecule has 0 aliphatic heterocycles. The second-order valence-corrected chi connectivity index (χ2v) is 5.66. The van der Waals surface area contributed by atoms with E-state index in [-0.39, 0.29) is 0 Å². The molecule has 0 amide bonds. The Balaban J connectivity index is 2.13. The topological polar surface area (TPSA) is 33.6 Å². The van der Waals surface area contributed by atoms with E-state index in [1.54, 1.807) is 0 Å². The number of fused-ring (bicyclic) bond motifs is 2. The van der Waals surface area contributed by atoms with E-state index in [4.69, 9.17) is 0 Å². The van der Waals surface area contributed by atoms with E-state index in [0.29, 0.717) is 0 Å². The minimum absolute atomic E-state index is 1.09. The average Bonchev–Trinajstić information content (AvgIpc) is 3.03. The number of nitrogens with one attached hydrogen (secondary N) is 1. The first kappa shape index (κ1) is 12.2. The standard InChI is InChI=1S/C18H17N3/c1-11-8-16-14(10-19-20-16)9-18(11)21-13(3)12(2)15-6-4-5-7-17(15)21/h4-10H,1-3H3,(H,19,20). The maximum Gasteiger partial charge on any atom is 0.0654 e. The van der Waals surface area contributed by atoms with Crippen LogP contribution in [0.15, 0.2) is 42.6 Å². The van der Waals surface area contributed by atoms with Crippen molar-refractivity contribution in [3.63, 3.8) is 0 Å². The number of aryl methyl sites for hydroxylation is 2. The molecular weight excluding hydrogens is 258 g/mol. The summed E-state index contributed by atoms with van der Waals surface area (Å²) in [6.45, 7) is 6.54. The summed E-state index contributed by atoms with van der Waals surface area (Å²) in [6.07, 6.45) is 1.88. The molecule has 0 bridgehead atoms. The van der Waals surface area contributed by atoms with Crippen molar-refractivity contribution in [2.45, 2.75) is 20.8 Å². The number of benzene rings is 2. The molecule has 0 unspecified atom stereocenters. The molecule has 0 spiro atoms. The summed E-state index contributed by atoms with van der Waals surface area (Å²) in [6, 6.07) is 13.0. The molecule has 0 aliphatic carbocycles. The highest BCUT2D eigenvalue weighted by Crippen LogP contribution is 2.31. The first-order chi connectivity index (χ1) is 10.2. The van der Waals surface area contributed by atoms with Crippen LogP contribution in [0.25, 0.3) is 27.5 Å². The van der Waals surface area contributed by atoms with E-state index in [2.05, 4.69) is 71.9 Å². The predicted molar refractivity (Wildman–Crippen MR) is 87.1 cm³/mol. The van der Waals surface area contributed by atoms with Crippen LogP contribution in [0.3, 0.4) is 0 Å². The van der Waals surface area contributed by atoms with Gasteiger partial charge in [0.05, 0.1) is 17.2 Å². The predicted octanol–water partition coefficient (Wildman–Crippen LogP) is 4.43. The number of rotatable bonds is 1. The molecule has 2 heterocycles. The Morgan fingerprint density at radius 2 is 1.86 bits per heavy atom. The summed E-state index contributed by atoms with van der Waals surface area (Å²) < 4.78 is 2.35. The van der Waals surface area contributed by atoms with Crippen LogP contribution in [0.2, 0.25) is 0 Å². The van der Waals surface area contributed by atoms with Gasteiger partial charge in [0.2, 0.25) is 0 Å². The fraction of sp³-hybridized carbons (Fsp3) is 0.167. The number of H-pyrrole nitrogens is 1. The van der Waals surface area contributed by atoms with Crippen LogP contribution >= 0.6 is 0 Å². The normalized spacial score (nSPS) is 11.6. The molecule has 0 radical (unpaired) electrons. The molecule has 21 heavy (non-hydrogen) atoms. The summed E-state index contributed by atoms with van der Waals surface area (Å²) in [5, 5.41) is 9.63. The highest BCUT2D eigenvalue weighted by atomic mass is 15.1. The van der Waals surface area contributed by atoms with Gasteiger partial charge in [-0.1, -0.05) is 18.2 Å². The van der Waals surface area contributed by atoms with Gasteiger partial charge in [-0.3, -0.25) is 5.10 Å². The average molecular weight is 275 g/mol. The molecule has 0 atom stereocenters. The van der Waals surface area contributed by atoms with Gasteiger partial charge in [0.15, 0.2) is 0 Å². The number of para-hydroxylation sites is 1. The Hall–Kier alpha value is -2.55. The van der Waals surface area contributed by atoms with Crippen molar-refractivity contribution in [2.75, 3.05) is 0 Å². The second kappa shape index (κ2) is 4.22. The van der Waals surface area contributed by atoms with Crippen molar-refractivity contribution < 1.29 is 0 Å². The number of aromatic amines is 1. The SMILES string of the molecule is Cc1cc2[nH]ncc2cc1-n1c(C)c(C)c2ccccc21. The highest BCUT2D eigenvalue weighted by Gasteiger charge is 2.14. The van der Waals surface area contributed by atoms with Crippen LogP contribution in [0.1, 0.15) is 16.8 Å². The van der Waals surface area contributed by atoms with Crippen LogP contribution in [0.4, 0.5) is 0 Å². The van der Waals surface area contributed by atoms with Crippen LogP contribution in [-0.2, 0) is 0 Å². The van der Waals surface area contributed by atoms with Crippen LogP contribution in [-0.4, -0.2) is 14.8 Å². The molecule has 2 aromatic carbocycles. The Kier molecular flexibility index (Phi) is 2.45. The summed E-state index contributed by atoms with van der Waals surface area (Å²) >= 11 is 0. The number of hydrogen-bond acceptors (Lipinski definition) is 1.